The predicted octanol–water partition coefficient (Wildman–Crippen LogP) is 1.25. The van der Waals surface area contributed by atoms with E-state index in [1.54, 1.807) is 6.07 Å². The molecule has 3 nitrogen and oxygen atoms in total. The molecule has 4 heteroatoms. The number of nitrogens with zero attached hydrogens (tertiary/aromatic N) is 2. The van der Waals surface area contributed by atoms with Gasteiger partial charge in [-0.3, -0.25) is 0 Å². The lowest BCUT2D eigenvalue weighted by molar-refractivity contribution is 0.585. The summed E-state index contributed by atoms with van der Waals surface area (Å²) in [5.41, 5.74) is 5.52. The molecule has 0 bridgehead atoms. The summed E-state index contributed by atoms with van der Waals surface area (Å²) in [6, 6.07) is 3.07. The number of pyridine rings is 1. The molecule has 0 spiro atoms. The molecule has 0 aromatic carbocycles. The summed E-state index contributed by atoms with van der Waals surface area (Å²) >= 11 is 0. The lowest BCUT2D eigenvalue weighted by Crippen LogP contribution is -2.28. The Morgan fingerprint density at radius 3 is 2.79 bits per heavy atom. The highest BCUT2D eigenvalue weighted by Gasteiger charge is 2.06. The van der Waals surface area contributed by atoms with Crippen molar-refractivity contribution in [2.24, 2.45) is 11.7 Å². The summed E-state index contributed by atoms with van der Waals surface area (Å²) in [6.45, 7) is 3.54. The van der Waals surface area contributed by atoms with Crippen LogP contribution in [0.15, 0.2) is 18.3 Å². The highest BCUT2D eigenvalue weighted by molar-refractivity contribution is 5.36. The number of halogens is 1. The van der Waals surface area contributed by atoms with Crippen LogP contribution in [0, 0.1) is 11.7 Å². The quantitative estimate of drug-likeness (QED) is 0.790. The van der Waals surface area contributed by atoms with Crippen molar-refractivity contribution in [1.29, 1.82) is 0 Å². The Balaban J connectivity index is 2.60. The summed E-state index contributed by atoms with van der Waals surface area (Å²) in [7, 11) is 1.92. The van der Waals surface area contributed by atoms with Crippen LogP contribution in [0.3, 0.4) is 0 Å². The number of hydrogen-bond donors (Lipinski definition) is 1. The molecule has 0 fully saturated rings. The predicted molar refractivity (Wildman–Crippen MR) is 55.7 cm³/mol. The first kappa shape index (κ1) is 10.9. The minimum atomic E-state index is -0.311. The van der Waals surface area contributed by atoms with Crippen molar-refractivity contribution in [3.05, 3.63) is 24.1 Å². The zero-order valence-electron chi connectivity index (χ0n) is 8.57. The van der Waals surface area contributed by atoms with Crippen molar-refractivity contribution in [1.82, 2.24) is 4.98 Å². The van der Waals surface area contributed by atoms with E-state index in [1.165, 1.54) is 12.3 Å². The Hall–Kier alpha value is -1.16. The van der Waals surface area contributed by atoms with Crippen LogP contribution in [-0.4, -0.2) is 25.1 Å². The van der Waals surface area contributed by atoms with Crippen molar-refractivity contribution < 1.29 is 4.39 Å². The van der Waals surface area contributed by atoms with Crippen LogP contribution < -0.4 is 10.6 Å². The average molecular weight is 197 g/mol. The fourth-order valence-electron chi connectivity index (χ4n) is 1.23. The van der Waals surface area contributed by atoms with Gasteiger partial charge in [0.1, 0.15) is 11.6 Å². The zero-order valence-corrected chi connectivity index (χ0v) is 8.57. The van der Waals surface area contributed by atoms with Crippen molar-refractivity contribution in [2.75, 3.05) is 25.0 Å². The second kappa shape index (κ2) is 4.91. The molecule has 1 aromatic heterocycles. The van der Waals surface area contributed by atoms with Crippen LogP contribution in [0.25, 0.3) is 0 Å². The standard InChI is InChI=1S/C10H16FN3/c1-8(5-12)7-14(2)10-4-3-9(11)6-13-10/h3-4,6,8H,5,7,12H2,1-2H3. The van der Waals surface area contributed by atoms with Gasteiger partial charge in [0.05, 0.1) is 6.20 Å². The Morgan fingerprint density at radius 2 is 2.29 bits per heavy atom. The molecule has 0 aliphatic rings. The molecule has 14 heavy (non-hydrogen) atoms. The molecule has 0 aliphatic heterocycles. The summed E-state index contributed by atoms with van der Waals surface area (Å²) in [4.78, 5) is 5.94. The van der Waals surface area contributed by atoms with Gasteiger partial charge in [-0.1, -0.05) is 6.92 Å². The van der Waals surface area contributed by atoms with Gasteiger partial charge in [0.25, 0.3) is 0 Å². The lowest BCUT2D eigenvalue weighted by atomic mass is 10.2. The zero-order chi connectivity index (χ0) is 10.6. The third-order valence-electron chi connectivity index (χ3n) is 2.09. The first-order valence-electron chi connectivity index (χ1n) is 4.66. The number of hydrogen-bond acceptors (Lipinski definition) is 3. The SMILES string of the molecule is CC(CN)CN(C)c1ccc(F)cn1. The van der Waals surface area contributed by atoms with Gasteiger partial charge in [-0.15, -0.1) is 0 Å². The van der Waals surface area contributed by atoms with E-state index < -0.39 is 0 Å². The molecule has 1 unspecified atom stereocenters. The molecule has 2 N–H and O–H groups in total. The third kappa shape index (κ3) is 2.96. The molecule has 0 saturated heterocycles. The molecule has 78 valence electrons. The second-order valence-corrected chi connectivity index (χ2v) is 3.56. The van der Waals surface area contributed by atoms with Gasteiger partial charge in [-0.2, -0.15) is 0 Å². The lowest BCUT2D eigenvalue weighted by Gasteiger charge is -2.21. The Labute approximate surface area is 83.7 Å². The van der Waals surface area contributed by atoms with Crippen LogP contribution >= 0.6 is 0 Å². The first-order chi connectivity index (χ1) is 6.63. The van der Waals surface area contributed by atoms with E-state index in [2.05, 4.69) is 11.9 Å². The highest BCUT2D eigenvalue weighted by atomic mass is 19.1. The van der Waals surface area contributed by atoms with E-state index in [4.69, 9.17) is 5.73 Å². The summed E-state index contributed by atoms with van der Waals surface area (Å²) in [5, 5.41) is 0. The van der Waals surface area contributed by atoms with E-state index in [-0.39, 0.29) is 5.82 Å². The average Bonchev–Trinajstić information content (AvgIpc) is 2.18. The molecule has 0 radical (unpaired) electrons. The van der Waals surface area contributed by atoms with Gasteiger partial charge >= 0.3 is 0 Å². The topological polar surface area (TPSA) is 42.1 Å². The number of rotatable bonds is 4. The van der Waals surface area contributed by atoms with Gasteiger partial charge in [0, 0.05) is 13.6 Å². The maximum Gasteiger partial charge on any atom is 0.141 e. The smallest absolute Gasteiger partial charge is 0.141 e. The molecule has 1 aromatic rings. The first-order valence-corrected chi connectivity index (χ1v) is 4.66. The molecule has 1 atom stereocenters. The van der Waals surface area contributed by atoms with E-state index in [0.717, 1.165) is 12.4 Å². The highest BCUT2D eigenvalue weighted by Crippen LogP contribution is 2.10. The van der Waals surface area contributed by atoms with E-state index in [0.29, 0.717) is 12.5 Å². The maximum atomic E-state index is 12.6. The fraction of sp³-hybridized carbons (Fsp3) is 0.500. The van der Waals surface area contributed by atoms with Crippen LogP contribution in [-0.2, 0) is 0 Å². The molecular weight excluding hydrogens is 181 g/mol. The minimum absolute atomic E-state index is 0.311. The third-order valence-corrected chi connectivity index (χ3v) is 2.09. The van der Waals surface area contributed by atoms with E-state index in [9.17, 15) is 4.39 Å². The number of anilines is 1. The van der Waals surface area contributed by atoms with Crippen molar-refractivity contribution >= 4 is 5.82 Å². The van der Waals surface area contributed by atoms with Gasteiger partial charge < -0.3 is 10.6 Å². The fourth-order valence-corrected chi connectivity index (χ4v) is 1.23. The summed E-state index contributed by atoms with van der Waals surface area (Å²) < 4.78 is 12.6. The molecule has 0 saturated carbocycles. The number of nitrogens with two attached hydrogens (primary N) is 1. The largest absolute Gasteiger partial charge is 0.359 e. The van der Waals surface area contributed by atoms with Crippen molar-refractivity contribution in [3.8, 4) is 0 Å². The Kier molecular flexibility index (Phi) is 3.83. The Morgan fingerprint density at radius 1 is 1.57 bits per heavy atom. The van der Waals surface area contributed by atoms with E-state index in [1.807, 2.05) is 11.9 Å². The summed E-state index contributed by atoms with van der Waals surface area (Å²) in [5.74, 6) is 0.868. The summed E-state index contributed by atoms with van der Waals surface area (Å²) in [6.07, 6.45) is 1.22. The molecular formula is C10H16FN3. The maximum absolute atomic E-state index is 12.6. The van der Waals surface area contributed by atoms with Crippen molar-refractivity contribution in [2.45, 2.75) is 6.92 Å². The van der Waals surface area contributed by atoms with Crippen molar-refractivity contribution in [3.63, 3.8) is 0 Å². The van der Waals surface area contributed by atoms with Crippen LogP contribution in [0.5, 0.6) is 0 Å². The van der Waals surface area contributed by atoms with Crippen LogP contribution in [0.2, 0.25) is 0 Å². The van der Waals surface area contributed by atoms with Crippen LogP contribution in [0.1, 0.15) is 6.92 Å². The molecule has 0 aliphatic carbocycles. The van der Waals surface area contributed by atoms with Gasteiger partial charge in [0.15, 0.2) is 0 Å². The molecule has 1 rings (SSSR count). The molecule has 0 amide bonds. The van der Waals surface area contributed by atoms with Gasteiger partial charge in [-0.05, 0) is 24.6 Å². The number of aromatic nitrogens is 1. The normalized spacial score (nSPS) is 12.6. The Bertz CT molecular complexity index is 273. The second-order valence-electron chi connectivity index (χ2n) is 3.56. The molecule has 1 heterocycles. The van der Waals surface area contributed by atoms with Gasteiger partial charge in [0.2, 0.25) is 0 Å². The van der Waals surface area contributed by atoms with Crippen LogP contribution in [0.4, 0.5) is 10.2 Å². The monoisotopic (exact) mass is 197 g/mol. The van der Waals surface area contributed by atoms with E-state index >= 15 is 0 Å². The van der Waals surface area contributed by atoms with Gasteiger partial charge in [-0.25, -0.2) is 9.37 Å². The minimum Gasteiger partial charge on any atom is -0.359 e.